The van der Waals surface area contributed by atoms with Crippen molar-refractivity contribution in [3.05, 3.63) is 28.2 Å². The molecule has 2 unspecified atom stereocenters. The second-order valence-electron chi connectivity index (χ2n) is 5.54. The summed E-state index contributed by atoms with van der Waals surface area (Å²) in [6.07, 6.45) is 0.583. The van der Waals surface area contributed by atoms with Crippen LogP contribution in [-0.2, 0) is 9.59 Å². The van der Waals surface area contributed by atoms with Crippen molar-refractivity contribution in [1.82, 2.24) is 4.90 Å². The molecule has 2 atom stereocenters. The topological polar surface area (TPSA) is 66.8 Å². The Morgan fingerprint density at radius 2 is 2.09 bits per heavy atom. The van der Waals surface area contributed by atoms with Crippen LogP contribution in [0.2, 0.25) is 10.0 Å². The first kappa shape index (κ1) is 16.9. The van der Waals surface area contributed by atoms with Gasteiger partial charge in [-0.2, -0.15) is 0 Å². The molecule has 0 radical (unpaired) electrons. The quantitative estimate of drug-likeness (QED) is 0.910. The number of nitrogens with zero attached hydrogens (tertiary/aromatic N) is 1. The molecule has 1 aromatic rings. The van der Waals surface area contributed by atoms with Gasteiger partial charge in [-0.15, -0.1) is 0 Å². The van der Waals surface area contributed by atoms with Gasteiger partial charge in [0.05, 0.1) is 10.9 Å². The van der Waals surface area contributed by atoms with E-state index >= 15 is 0 Å². The van der Waals surface area contributed by atoms with E-state index in [-0.39, 0.29) is 25.0 Å². The van der Waals surface area contributed by atoms with E-state index in [1.54, 1.807) is 12.1 Å². The number of rotatable bonds is 4. The van der Waals surface area contributed by atoms with E-state index in [1.807, 2.05) is 6.92 Å². The number of hydrogen-bond acceptors (Lipinski definition) is 3. The van der Waals surface area contributed by atoms with Gasteiger partial charge in [0.2, 0.25) is 0 Å². The second kappa shape index (κ2) is 7.20. The van der Waals surface area contributed by atoms with Crippen molar-refractivity contribution < 1.29 is 19.4 Å². The average Bonchev–Trinajstić information content (AvgIpc) is 2.47. The lowest BCUT2D eigenvalue weighted by Gasteiger charge is -2.34. The van der Waals surface area contributed by atoms with E-state index < -0.39 is 11.9 Å². The third kappa shape index (κ3) is 4.27. The molecule has 2 rings (SSSR count). The first-order valence-corrected chi connectivity index (χ1v) is 7.71. The number of carboxylic acid groups (broad SMARTS) is 1. The molecule has 1 fully saturated rings. The highest BCUT2D eigenvalue weighted by Gasteiger charge is 2.31. The fraction of sp³-hybridized carbons (Fsp3) is 0.467. The van der Waals surface area contributed by atoms with Crippen molar-refractivity contribution in [1.29, 1.82) is 0 Å². The Morgan fingerprint density at radius 3 is 2.77 bits per heavy atom. The minimum Gasteiger partial charge on any atom is -0.482 e. The molecular weight excluding hydrogens is 329 g/mol. The molecule has 1 aromatic carbocycles. The number of carbonyl (C=O) groups is 2. The van der Waals surface area contributed by atoms with Crippen LogP contribution in [0.25, 0.3) is 0 Å². The molecule has 1 aliphatic heterocycles. The van der Waals surface area contributed by atoms with Crippen LogP contribution in [0.3, 0.4) is 0 Å². The first-order chi connectivity index (χ1) is 10.4. The van der Waals surface area contributed by atoms with Gasteiger partial charge in [0, 0.05) is 24.2 Å². The molecule has 22 heavy (non-hydrogen) atoms. The van der Waals surface area contributed by atoms with Gasteiger partial charge in [0.1, 0.15) is 5.75 Å². The molecule has 1 saturated heterocycles. The predicted molar refractivity (Wildman–Crippen MR) is 83.4 cm³/mol. The zero-order valence-corrected chi connectivity index (χ0v) is 13.6. The van der Waals surface area contributed by atoms with Gasteiger partial charge >= 0.3 is 5.97 Å². The van der Waals surface area contributed by atoms with Crippen LogP contribution in [0.5, 0.6) is 5.75 Å². The highest BCUT2D eigenvalue weighted by molar-refractivity contribution is 6.34. The maximum absolute atomic E-state index is 12.2. The average molecular weight is 346 g/mol. The van der Waals surface area contributed by atoms with Crippen LogP contribution in [0.1, 0.15) is 13.3 Å². The Hall–Kier alpha value is -1.46. The highest BCUT2D eigenvalue weighted by atomic mass is 35.5. The number of carboxylic acids is 1. The Bertz CT molecular complexity index is 579. The summed E-state index contributed by atoms with van der Waals surface area (Å²) >= 11 is 11.8. The third-order valence-electron chi connectivity index (χ3n) is 3.61. The van der Waals surface area contributed by atoms with Gasteiger partial charge in [-0.1, -0.05) is 30.1 Å². The molecule has 0 aliphatic carbocycles. The summed E-state index contributed by atoms with van der Waals surface area (Å²) in [5.41, 5.74) is 0. The van der Waals surface area contributed by atoms with Crippen LogP contribution in [0, 0.1) is 11.8 Å². The Kier molecular flexibility index (Phi) is 5.53. The van der Waals surface area contributed by atoms with Gasteiger partial charge in [-0.3, -0.25) is 9.59 Å². The zero-order chi connectivity index (χ0) is 16.3. The summed E-state index contributed by atoms with van der Waals surface area (Å²) in [4.78, 5) is 24.9. The van der Waals surface area contributed by atoms with E-state index in [0.29, 0.717) is 28.8 Å². The van der Waals surface area contributed by atoms with Crippen LogP contribution in [-0.4, -0.2) is 41.6 Å². The van der Waals surface area contributed by atoms with Crippen molar-refractivity contribution >= 4 is 35.1 Å². The van der Waals surface area contributed by atoms with Gasteiger partial charge in [0.15, 0.2) is 6.61 Å². The number of halogens is 2. The molecule has 7 heteroatoms. The summed E-state index contributed by atoms with van der Waals surface area (Å²) in [6.45, 7) is 2.49. The lowest BCUT2D eigenvalue weighted by Crippen LogP contribution is -2.47. The fourth-order valence-corrected chi connectivity index (χ4v) is 2.89. The molecule has 0 bridgehead atoms. The molecule has 5 nitrogen and oxygen atoms in total. The number of aliphatic carboxylic acids is 1. The lowest BCUT2D eigenvalue weighted by molar-refractivity contribution is -0.147. The molecule has 0 aromatic heterocycles. The van der Waals surface area contributed by atoms with Crippen LogP contribution in [0.15, 0.2) is 18.2 Å². The van der Waals surface area contributed by atoms with Gasteiger partial charge in [-0.25, -0.2) is 0 Å². The Balaban J connectivity index is 1.96. The van der Waals surface area contributed by atoms with Crippen molar-refractivity contribution in [2.24, 2.45) is 11.8 Å². The standard InChI is InChI=1S/C15H17Cl2NO4/c1-9-4-10(15(20)21)7-18(6-9)14(19)8-22-13-5-11(16)2-3-12(13)17/h2-3,5,9-10H,4,6-8H2,1H3,(H,20,21). The largest absolute Gasteiger partial charge is 0.482 e. The first-order valence-electron chi connectivity index (χ1n) is 6.95. The van der Waals surface area contributed by atoms with Crippen molar-refractivity contribution in [3.63, 3.8) is 0 Å². The minimum atomic E-state index is -0.872. The number of hydrogen-bond donors (Lipinski definition) is 1. The summed E-state index contributed by atoms with van der Waals surface area (Å²) in [5, 5.41) is 9.96. The Morgan fingerprint density at radius 1 is 1.36 bits per heavy atom. The second-order valence-corrected chi connectivity index (χ2v) is 6.38. The fourth-order valence-electron chi connectivity index (χ4n) is 2.55. The monoisotopic (exact) mass is 345 g/mol. The molecule has 120 valence electrons. The summed E-state index contributed by atoms with van der Waals surface area (Å²) in [6, 6.07) is 4.76. The maximum Gasteiger partial charge on any atom is 0.308 e. The number of ether oxygens (including phenoxy) is 1. The van der Waals surface area contributed by atoms with E-state index in [4.69, 9.17) is 33.0 Å². The van der Waals surface area contributed by atoms with E-state index in [1.165, 1.54) is 11.0 Å². The van der Waals surface area contributed by atoms with E-state index in [0.717, 1.165) is 0 Å². The van der Waals surface area contributed by atoms with Crippen molar-refractivity contribution in [2.45, 2.75) is 13.3 Å². The van der Waals surface area contributed by atoms with Crippen molar-refractivity contribution in [3.8, 4) is 5.75 Å². The molecule has 0 spiro atoms. The summed E-state index contributed by atoms with van der Waals surface area (Å²) < 4.78 is 5.41. The van der Waals surface area contributed by atoms with E-state index in [2.05, 4.69) is 0 Å². The normalized spacial score (nSPS) is 21.5. The highest BCUT2D eigenvalue weighted by Crippen LogP contribution is 2.28. The molecule has 1 amide bonds. The predicted octanol–water partition coefficient (Wildman–Crippen LogP) is 2.94. The van der Waals surface area contributed by atoms with Crippen LogP contribution >= 0.6 is 23.2 Å². The summed E-state index contributed by atoms with van der Waals surface area (Å²) in [5.74, 6) is -1.17. The Labute approximate surface area is 138 Å². The lowest BCUT2D eigenvalue weighted by atomic mass is 9.90. The van der Waals surface area contributed by atoms with Gasteiger partial charge < -0.3 is 14.7 Å². The van der Waals surface area contributed by atoms with Crippen LogP contribution < -0.4 is 4.74 Å². The molecule has 1 aliphatic rings. The third-order valence-corrected chi connectivity index (χ3v) is 4.15. The smallest absolute Gasteiger partial charge is 0.308 e. The zero-order valence-electron chi connectivity index (χ0n) is 12.1. The summed E-state index contributed by atoms with van der Waals surface area (Å²) in [7, 11) is 0. The van der Waals surface area contributed by atoms with Gasteiger partial charge in [-0.05, 0) is 24.5 Å². The number of likely N-dealkylation sites (tertiary alicyclic amines) is 1. The molecular formula is C15H17Cl2NO4. The van der Waals surface area contributed by atoms with E-state index in [9.17, 15) is 9.59 Å². The van der Waals surface area contributed by atoms with Gasteiger partial charge in [0.25, 0.3) is 5.91 Å². The van der Waals surface area contributed by atoms with Crippen molar-refractivity contribution in [2.75, 3.05) is 19.7 Å². The molecule has 0 saturated carbocycles. The number of carbonyl (C=O) groups excluding carboxylic acids is 1. The number of piperidine rings is 1. The maximum atomic E-state index is 12.2. The number of amides is 1. The van der Waals surface area contributed by atoms with Crippen LogP contribution in [0.4, 0.5) is 0 Å². The SMILES string of the molecule is CC1CC(C(=O)O)CN(C(=O)COc2cc(Cl)ccc2Cl)C1. The number of benzene rings is 1. The minimum absolute atomic E-state index is 0.147. The molecule has 1 heterocycles. The molecule has 1 N–H and O–H groups in total.